The first-order valence-corrected chi connectivity index (χ1v) is 5.98. The van der Waals surface area contributed by atoms with E-state index in [1.165, 1.54) is 0 Å². The summed E-state index contributed by atoms with van der Waals surface area (Å²) in [6.07, 6.45) is 1.62. The summed E-state index contributed by atoms with van der Waals surface area (Å²) in [6.45, 7) is 3.62. The first-order chi connectivity index (χ1) is 9.10. The Hall–Kier alpha value is -2.37. The number of carbonyl (C=O) groups is 1. The van der Waals surface area contributed by atoms with E-state index in [9.17, 15) is 4.79 Å². The van der Waals surface area contributed by atoms with E-state index in [1.807, 2.05) is 13.8 Å². The molecule has 0 aliphatic rings. The molecule has 1 amide bonds. The lowest BCUT2D eigenvalue weighted by atomic mass is 10.3. The highest BCUT2D eigenvalue weighted by Crippen LogP contribution is 2.13. The maximum atomic E-state index is 12.0. The van der Waals surface area contributed by atoms with Gasteiger partial charge in [-0.15, -0.1) is 0 Å². The highest BCUT2D eigenvalue weighted by Gasteiger charge is 2.16. The summed E-state index contributed by atoms with van der Waals surface area (Å²) >= 11 is 0. The van der Waals surface area contributed by atoms with Gasteiger partial charge < -0.3 is 15.1 Å². The van der Waals surface area contributed by atoms with Gasteiger partial charge in [-0.3, -0.25) is 4.79 Å². The molecule has 2 N–H and O–H groups in total. The number of hydrogen-bond acceptors (Lipinski definition) is 5. The minimum Gasteiger partial charge on any atom is -0.444 e. The fraction of sp³-hybridized carbons (Fsp3) is 0.308. The summed E-state index contributed by atoms with van der Waals surface area (Å²) in [6, 6.07) is 4.91. The van der Waals surface area contributed by atoms with Crippen LogP contribution < -0.4 is 10.6 Å². The normalized spacial score (nSPS) is 11.9. The lowest BCUT2D eigenvalue weighted by molar-refractivity contribution is 0.0929. The van der Waals surface area contributed by atoms with Crippen molar-refractivity contribution < 1.29 is 9.21 Å². The molecular weight excluding hydrogens is 244 g/mol. The van der Waals surface area contributed by atoms with Gasteiger partial charge in [0.2, 0.25) is 5.89 Å². The number of aryl methyl sites for hydroxylation is 1. The van der Waals surface area contributed by atoms with Gasteiger partial charge in [-0.05, 0) is 26.0 Å². The molecule has 0 aromatic carbocycles. The Labute approximate surface area is 111 Å². The lowest BCUT2D eigenvalue weighted by Gasteiger charge is -2.10. The summed E-state index contributed by atoms with van der Waals surface area (Å²) in [4.78, 5) is 20.3. The van der Waals surface area contributed by atoms with Crippen molar-refractivity contribution in [3.63, 3.8) is 0 Å². The van der Waals surface area contributed by atoms with E-state index in [-0.39, 0.29) is 11.9 Å². The number of anilines is 1. The molecule has 0 radical (unpaired) electrons. The SMILES string of the molecule is CNc1cccc(C(=O)NC(C)c2ncc(C)o2)n1. The smallest absolute Gasteiger partial charge is 0.270 e. The molecule has 1 unspecified atom stereocenters. The van der Waals surface area contributed by atoms with Crippen molar-refractivity contribution in [1.82, 2.24) is 15.3 Å². The third-order valence-corrected chi connectivity index (χ3v) is 2.60. The second-order valence-electron chi connectivity index (χ2n) is 4.16. The van der Waals surface area contributed by atoms with E-state index in [1.54, 1.807) is 31.4 Å². The van der Waals surface area contributed by atoms with Gasteiger partial charge in [-0.25, -0.2) is 9.97 Å². The Bertz CT molecular complexity index is 580. The maximum Gasteiger partial charge on any atom is 0.270 e. The molecule has 2 heterocycles. The summed E-state index contributed by atoms with van der Waals surface area (Å²) < 4.78 is 5.37. The van der Waals surface area contributed by atoms with Crippen LogP contribution in [0.1, 0.15) is 35.1 Å². The van der Waals surface area contributed by atoms with Gasteiger partial charge in [0, 0.05) is 7.05 Å². The molecule has 2 aromatic heterocycles. The molecule has 0 aliphatic heterocycles. The fourth-order valence-corrected chi connectivity index (χ4v) is 1.61. The Morgan fingerprint density at radius 3 is 2.84 bits per heavy atom. The average Bonchev–Trinajstić information content (AvgIpc) is 2.85. The highest BCUT2D eigenvalue weighted by atomic mass is 16.4. The molecule has 0 fully saturated rings. The number of oxazole rings is 1. The third-order valence-electron chi connectivity index (χ3n) is 2.60. The minimum atomic E-state index is -0.304. The predicted molar refractivity (Wildman–Crippen MR) is 70.9 cm³/mol. The van der Waals surface area contributed by atoms with Crippen molar-refractivity contribution in [2.45, 2.75) is 19.9 Å². The van der Waals surface area contributed by atoms with Crippen molar-refractivity contribution in [2.24, 2.45) is 0 Å². The lowest BCUT2D eigenvalue weighted by Crippen LogP contribution is -2.27. The molecule has 0 spiro atoms. The number of hydrogen-bond donors (Lipinski definition) is 2. The topological polar surface area (TPSA) is 80.0 Å². The van der Waals surface area contributed by atoms with E-state index in [4.69, 9.17) is 4.42 Å². The van der Waals surface area contributed by atoms with Gasteiger partial charge in [0.25, 0.3) is 5.91 Å². The third kappa shape index (κ3) is 3.09. The predicted octanol–water partition coefficient (Wildman–Crippen LogP) is 1.91. The van der Waals surface area contributed by atoms with Gasteiger partial charge in [-0.1, -0.05) is 6.07 Å². The van der Waals surface area contributed by atoms with Gasteiger partial charge in [-0.2, -0.15) is 0 Å². The Morgan fingerprint density at radius 1 is 1.42 bits per heavy atom. The van der Waals surface area contributed by atoms with Crippen molar-refractivity contribution in [1.29, 1.82) is 0 Å². The molecular formula is C13H16N4O2. The van der Waals surface area contributed by atoms with E-state index < -0.39 is 0 Å². The zero-order valence-corrected chi connectivity index (χ0v) is 11.1. The van der Waals surface area contributed by atoms with Crippen molar-refractivity contribution >= 4 is 11.7 Å². The molecule has 2 rings (SSSR count). The number of rotatable bonds is 4. The molecule has 6 heteroatoms. The quantitative estimate of drug-likeness (QED) is 0.877. The molecule has 0 saturated heterocycles. The van der Waals surface area contributed by atoms with Crippen molar-refractivity contribution in [3.8, 4) is 0 Å². The summed E-state index contributed by atoms with van der Waals surface area (Å²) in [5, 5.41) is 5.68. The molecule has 1 atom stereocenters. The number of nitrogens with zero attached hydrogens (tertiary/aromatic N) is 2. The Morgan fingerprint density at radius 2 is 2.21 bits per heavy atom. The van der Waals surface area contributed by atoms with Crippen LogP contribution in [0.5, 0.6) is 0 Å². The molecule has 19 heavy (non-hydrogen) atoms. The van der Waals surface area contributed by atoms with Crippen LogP contribution in [-0.4, -0.2) is 22.9 Å². The van der Waals surface area contributed by atoms with Gasteiger partial charge >= 0.3 is 0 Å². The van der Waals surface area contributed by atoms with Crippen molar-refractivity contribution in [2.75, 3.05) is 12.4 Å². The van der Waals surface area contributed by atoms with Crippen LogP contribution in [0.25, 0.3) is 0 Å². The van der Waals surface area contributed by atoms with E-state index in [0.717, 1.165) is 0 Å². The zero-order valence-electron chi connectivity index (χ0n) is 11.1. The summed E-state index contributed by atoms with van der Waals surface area (Å²) in [5.74, 6) is 1.58. The summed E-state index contributed by atoms with van der Waals surface area (Å²) in [7, 11) is 1.75. The molecule has 0 bridgehead atoms. The first kappa shape index (κ1) is 13.1. The number of pyridine rings is 1. The largest absolute Gasteiger partial charge is 0.444 e. The molecule has 0 saturated carbocycles. The van der Waals surface area contributed by atoms with Crippen LogP contribution in [0, 0.1) is 6.92 Å². The first-order valence-electron chi connectivity index (χ1n) is 5.98. The Kier molecular flexibility index (Phi) is 3.79. The van der Waals surface area contributed by atoms with Crippen LogP contribution in [0.3, 0.4) is 0 Å². The van der Waals surface area contributed by atoms with Gasteiger partial charge in [0.1, 0.15) is 23.3 Å². The molecule has 100 valence electrons. The van der Waals surface area contributed by atoms with Crippen LogP contribution in [-0.2, 0) is 0 Å². The second kappa shape index (κ2) is 5.51. The standard InChI is InChI=1S/C13H16N4O2/c1-8-7-15-13(19-8)9(2)16-12(18)10-5-4-6-11(14-3)17-10/h4-7,9H,1-3H3,(H,14,17)(H,16,18). The summed E-state index contributed by atoms with van der Waals surface area (Å²) in [5.41, 5.74) is 0.349. The fourth-order valence-electron chi connectivity index (χ4n) is 1.61. The molecule has 6 nitrogen and oxygen atoms in total. The van der Waals surface area contributed by atoms with Crippen molar-refractivity contribution in [3.05, 3.63) is 41.7 Å². The second-order valence-corrected chi connectivity index (χ2v) is 4.16. The van der Waals surface area contributed by atoms with E-state index >= 15 is 0 Å². The maximum absolute atomic E-state index is 12.0. The van der Waals surface area contributed by atoms with Gasteiger partial charge in [0.05, 0.1) is 6.20 Å². The Balaban J connectivity index is 2.08. The molecule has 0 aliphatic carbocycles. The minimum absolute atomic E-state index is 0.263. The highest BCUT2D eigenvalue weighted by molar-refractivity contribution is 5.92. The van der Waals surface area contributed by atoms with E-state index in [0.29, 0.717) is 23.2 Å². The van der Waals surface area contributed by atoms with Crippen LogP contribution >= 0.6 is 0 Å². The number of aromatic nitrogens is 2. The van der Waals surface area contributed by atoms with Crippen LogP contribution in [0.15, 0.2) is 28.8 Å². The average molecular weight is 260 g/mol. The van der Waals surface area contributed by atoms with Crippen LogP contribution in [0.4, 0.5) is 5.82 Å². The molecule has 2 aromatic rings. The zero-order chi connectivity index (χ0) is 13.8. The number of amides is 1. The van der Waals surface area contributed by atoms with Crippen LogP contribution in [0.2, 0.25) is 0 Å². The van der Waals surface area contributed by atoms with Gasteiger partial charge in [0.15, 0.2) is 0 Å². The monoisotopic (exact) mass is 260 g/mol. The number of nitrogens with one attached hydrogen (secondary N) is 2. The van der Waals surface area contributed by atoms with E-state index in [2.05, 4.69) is 20.6 Å². The number of carbonyl (C=O) groups excluding carboxylic acids is 1.